The molecule has 0 fully saturated rings. The van der Waals surface area contributed by atoms with Crippen molar-refractivity contribution in [2.75, 3.05) is 31.6 Å². The number of hydrogen-bond donors (Lipinski definition) is 2. The highest BCUT2D eigenvalue weighted by molar-refractivity contribution is 14.0. The summed E-state index contributed by atoms with van der Waals surface area (Å²) in [5.41, 5.74) is 1.14. The number of rotatable bonds is 8. The lowest BCUT2D eigenvalue weighted by Crippen LogP contribution is -2.38. The molecule has 0 atom stereocenters. The second kappa shape index (κ2) is 11.7. The second-order valence-electron chi connectivity index (χ2n) is 5.47. The molecule has 0 unspecified atom stereocenters. The lowest BCUT2D eigenvalue weighted by atomic mass is 10.2. The maximum Gasteiger partial charge on any atom is 0.191 e. The number of aliphatic imine (C=N–C) groups is 1. The van der Waals surface area contributed by atoms with Crippen molar-refractivity contribution in [3.8, 4) is 0 Å². The number of pyridine rings is 1. The number of halogens is 1. The third kappa shape index (κ3) is 6.93. The van der Waals surface area contributed by atoms with E-state index in [0.29, 0.717) is 6.54 Å². The van der Waals surface area contributed by atoms with Crippen molar-refractivity contribution in [3.05, 3.63) is 48.4 Å². The van der Waals surface area contributed by atoms with Crippen molar-refractivity contribution in [1.82, 2.24) is 20.2 Å². The van der Waals surface area contributed by atoms with E-state index in [4.69, 9.17) is 0 Å². The number of hydrogen-bond acceptors (Lipinski definition) is 3. The van der Waals surface area contributed by atoms with Crippen LogP contribution in [0.4, 0.5) is 5.82 Å². The van der Waals surface area contributed by atoms with Crippen molar-refractivity contribution in [3.63, 3.8) is 0 Å². The average Bonchev–Trinajstić information content (AvgIpc) is 3.13. The molecule has 2 aromatic rings. The van der Waals surface area contributed by atoms with Crippen LogP contribution >= 0.6 is 24.0 Å². The molecule has 2 rings (SSSR count). The summed E-state index contributed by atoms with van der Waals surface area (Å²) in [7, 11) is 1.78. The van der Waals surface area contributed by atoms with Gasteiger partial charge in [0.25, 0.3) is 0 Å². The Hall–Kier alpha value is -1.77. The second-order valence-corrected chi connectivity index (χ2v) is 5.47. The van der Waals surface area contributed by atoms with Gasteiger partial charge in [0.05, 0.1) is 0 Å². The largest absolute Gasteiger partial charge is 0.357 e. The van der Waals surface area contributed by atoms with Crippen LogP contribution in [-0.4, -0.2) is 42.2 Å². The highest BCUT2D eigenvalue weighted by Gasteiger charge is 2.03. The van der Waals surface area contributed by atoms with Crippen LogP contribution in [0.1, 0.15) is 19.4 Å². The van der Waals surface area contributed by atoms with Crippen molar-refractivity contribution >= 4 is 35.8 Å². The van der Waals surface area contributed by atoms with Crippen molar-refractivity contribution < 1.29 is 0 Å². The first kappa shape index (κ1) is 21.3. The smallest absolute Gasteiger partial charge is 0.191 e. The highest BCUT2D eigenvalue weighted by Crippen LogP contribution is 2.10. The molecule has 0 aromatic carbocycles. The molecular formula is C18H29IN6. The summed E-state index contributed by atoms with van der Waals surface area (Å²) < 4.78 is 2.14. The van der Waals surface area contributed by atoms with Crippen LogP contribution in [0.15, 0.2) is 47.8 Å². The van der Waals surface area contributed by atoms with Crippen molar-refractivity contribution in [1.29, 1.82) is 0 Å². The van der Waals surface area contributed by atoms with Gasteiger partial charge in [0.2, 0.25) is 0 Å². The Morgan fingerprint density at radius 2 is 1.88 bits per heavy atom. The van der Waals surface area contributed by atoms with Gasteiger partial charge in [-0.05, 0) is 37.6 Å². The van der Waals surface area contributed by atoms with Gasteiger partial charge in [-0.15, -0.1) is 24.0 Å². The van der Waals surface area contributed by atoms with Gasteiger partial charge in [-0.3, -0.25) is 4.99 Å². The number of nitrogens with one attached hydrogen (secondary N) is 2. The topological polar surface area (TPSA) is 57.5 Å². The number of nitrogens with zero attached hydrogens (tertiary/aromatic N) is 4. The van der Waals surface area contributed by atoms with E-state index in [1.807, 2.05) is 18.3 Å². The minimum Gasteiger partial charge on any atom is -0.357 e. The van der Waals surface area contributed by atoms with Gasteiger partial charge in [0.15, 0.2) is 5.96 Å². The normalized spacial score (nSPS) is 10.9. The highest BCUT2D eigenvalue weighted by atomic mass is 127. The maximum atomic E-state index is 4.54. The fraction of sp³-hybridized carbons (Fsp3) is 0.444. The minimum absolute atomic E-state index is 0. The van der Waals surface area contributed by atoms with Gasteiger partial charge in [-0.1, -0.05) is 6.07 Å². The quantitative estimate of drug-likeness (QED) is 0.365. The molecule has 0 spiro atoms. The van der Waals surface area contributed by atoms with Crippen LogP contribution in [0.2, 0.25) is 0 Å². The van der Waals surface area contributed by atoms with Crippen LogP contribution in [0, 0.1) is 0 Å². The zero-order chi connectivity index (χ0) is 17.2. The van der Waals surface area contributed by atoms with E-state index in [-0.39, 0.29) is 24.0 Å². The maximum absolute atomic E-state index is 4.54. The Morgan fingerprint density at radius 3 is 2.44 bits per heavy atom. The molecule has 2 aromatic heterocycles. The summed E-state index contributed by atoms with van der Waals surface area (Å²) >= 11 is 0. The Kier molecular flexibility index (Phi) is 9.98. The first-order chi connectivity index (χ1) is 11.8. The third-order valence-electron chi connectivity index (χ3n) is 3.91. The predicted molar refractivity (Wildman–Crippen MR) is 116 cm³/mol. The standard InChI is InChI=1S/C18H28N6.HI/c1-4-24(5-2)17-9-8-16(14-21-17)15-22-18(19-3)20-10-13-23-11-6-7-12-23;/h6-9,11-12,14H,4-5,10,13,15H2,1-3H3,(H2,19,20,22);1H. The zero-order valence-corrected chi connectivity index (χ0v) is 17.6. The lowest BCUT2D eigenvalue weighted by molar-refractivity contribution is 0.665. The summed E-state index contributed by atoms with van der Waals surface area (Å²) in [6.45, 7) is 8.67. The van der Waals surface area contributed by atoms with E-state index < -0.39 is 0 Å². The number of aromatic nitrogens is 2. The predicted octanol–water partition coefficient (Wildman–Crippen LogP) is 2.71. The minimum atomic E-state index is 0. The Morgan fingerprint density at radius 1 is 1.16 bits per heavy atom. The summed E-state index contributed by atoms with van der Waals surface area (Å²) in [6.07, 6.45) is 6.04. The molecular weight excluding hydrogens is 427 g/mol. The Labute approximate surface area is 167 Å². The SMILES string of the molecule is CCN(CC)c1ccc(CNC(=NC)NCCn2cccc2)cn1.I. The monoisotopic (exact) mass is 456 g/mol. The molecule has 0 amide bonds. The van der Waals surface area contributed by atoms with E-state index in [0.717, 1.165) is 43.5 Å². The summed E-state index contributed by atoms with van der Waals surface area (Å²) in [6, 6.07) is 8.25. The molecule has 0 aliphatic rings. The number of guanidine groups is 1. The van der Waals surface area contributed by atoms with Gasteiger partial charge in [-0.25, -0.2) is 4.98 Å². The third-order valence-corrected chi connectivity index (χ3v) is 3.91. The molecule has 2 heterocycles. The van der Waals surface area contributed by atoms with Crippen molar-refractivity contribution in [2.24, 2.45) is 4.99 Å². The van der Waals surface area contributed by atoms with Crippen molar-refractivity contribution in [2.45, 2.75) is 26.9 Å². The first-order valence-corrected chi connectivity index (χ1v) is 8.52. The first-order valence-electron chi connectivity index (χ1n) is 8.52. The molecule has 25 heavy (non-hydrogen) atoms. The fourth-order valence-electron chi connectivity index (χ4n) is 2.48. The van der Waals surface area contributed by atoms with E-state index in [2.05, 4.69) is 68.5 Å². The van der Waals surface area contributed by atoms with E-state index in [1.165, 1.54) is 0 Å². The van der Waals surface area contributed by atoms with E-state index in [1.54, 1.807) is 7.05 Å². The molecule has 0 bridgehead atoms. The average molecular weight is 456 g/mol. The summed E-state index contributed by atoms with van der Waals surface area (Å²) in [4.78, 5) is 11.0. The van der Waals surface area contributed by atoms with Crippen LogP contribution in [0.5, 0.6) is 0 Å². The molecule has 0 saturated heterocycles. The van der Waals surface area contributed by atoms with Crippen LogP contribution < -0.4 is 15.5 Å². The molecule has 138 valence electrons. The van der Waals surface area contributed by atoms with Gasteiger partial charge >= 0.3 is 0 Å². The Balaban J connectivity index is 0.00000312. The van der Waals surface area contributed by atoms with Gasteiger partial charge in [0.1, 0.15) is 5.82 Å². The van der Waals surface area contributed by atoms with Crippen LogP contribution in [0.3, 0.4) is 0 Å². The molecule has 0 aliphatic heterocycles. The summed E-state index contributed by atoms with van der Waals surface area (Å²) in [5.74, 6) is 1.83. The van der Waals surface area contributed by atoms with Gasteiger partial charge in [0, 0.05) is 58.4 Å². The molecule has 6 nitrogen and oxygen atoms in total. The van der Waals surface area contributed by atoms with Crippen LogP contribution in [0.25, 0.3) is 0 Å². The lowest BCUT2D eigenvalue weighted by Gasteiger charge is -2.19. The molecule has 0 aliphatic carbocycles. The molecule has 0 radical (unpaired) electrons. The van der Waals surface area contributed by atoms with Gasteiger partial charge in [-0.2, -0.15) is 0 Å². The fourth-order valence-corrected chi connectivity index (χ4v) is 2.48. The van der Waals surface area contributed by atoms with E-state index in [9.17, 15) is 0 Å². The summed E-state index contributed by atoms with van der Waals surface area (Å²) in [5, 5.41) is 6.63. The number of anilines is 1. The molecule has 2 N–H and O–H groups in total. The zero-order valence-electron chi connectivity index (χ0n) is 15.3. The molecule has 7 heteroatoms. The molecule has 0 saturated carbocycles. The van der Waals surface area contributed by atoms with Gasteiger partial charge < -0.3 is 20.1 Å². The Bertz CT molecular complexity index is 605. The van der Waals surface area contributed by atoms with Crippen LogP contribution in [-0.2, 0) is 13.1 Å². The van der Waals surface area contributed by atoms with E-state index >= 15 is 0 Å².